The monoisotopic (exact) mass is 548 g/mol. The van der Waals surface area contributed by atoms with Crippen LogP contribution in [0.4, 0.5) is 0 Å². The van der Waals surface area contributed by atoms with E-state index in [1.165, 1.54) is 0 Å². The van der Waals surface area contributed by atoms with Gasteiger partial charge in [-0.05, 0) is 105 Å². The highest BCUT2D eigenvalue weighted by atomic mass is 16.2. The third-order valence-corrected chi connectivity index (χ3v) is 8.41. The van der Waals surface area contributed by atoms with Crippen molar-refractivity contribution in [3.05, 3.63) is 74.6 Å². The predicted octanol–water partition coefficient (Wildman–Crippen LogP) is 5.34. The van der Waals surface area contributed by atoms with Crippen molar-refractivity contribution in [2.75, 3.05) is 26.2 Å². The molecule has 2 saturated heterocycles. The largest absolute Gasteiger partial charge is 0.343 e. The summed E-state index contributed by atoms with van der Waals surface area (Å²) >= 11 is 0. The number of aromatic nitrogens is 4. The quantitative estimate of drug-likeness (QED) is 0.462. The second kappa shape index (κ2) is 12.3. The Bertz CT molecular complexity index is 1340. The molecule has 218 valence electrons. The van der Waals surface area contributed by atoms with Gasteiger partial charge in [-0.1, -0.05) is 30.3 Å². The SMILES string of the molecule is CC(C)(C)N1CCC(n2nc(-c3ccccc3)[nH]c2=O)CC1.Cc1c[nH]c(=O)c(C2CCN(C(C)(C)C)CC2)c1. The number of likely N-dealkylation sites (tertiary alicyclic amines) is 2. The van der Waals surface area contributed by atoms with Crippen LogP contribution in [0.15, 0.2) is 52.2 Å². The number of benzene rings is 1. The molecule has 1 aromatic carbocycles. The van der Waals surface area contributed by atoms with Gasteiger partial charge in [-0.2, -0.15) is 0 Å². The molecule has 40 heavy (non-hydrogen) atoms. The summed E-state index contributed by atoms with van der Waals surface area (Å²) in [6.45, 7) is 19.7. The fourth-order valence-electron chi connectivity index (χ4n) is 5.87. The van der Waals surface area contributed by atoms with Gasteiger partial charge in [0.15, 0.2) is 5.82 Å². The van der Waals surface area contributed by atoms with Crippen molar-refractivity contribution >= 4 is 0 Å². The lowest BCUT2D eigenvalue weighted by molar-refractivity contribution is 0.0862. The smallest absolute Gasteiger partial charge is 0.329 e. The zero-order valence-electron chi connectivity index (χ0n) is 25.5. The first-order chi connectivity index (χ1) is 18.8. The number of piperidine rings is 2. The lowest BCUT2D eigenvalue weighted by Crippen LogP contribution is -2.47. The average Bonchev–Trinajstić information content (AvgIpc) is 3.31. The molecule has 0 amide bonds. The van der Waals surface area contributed by atoms with Crippen LogP contribution >= 0.6 is 0 Å². The molecule has 5 rings (SSSR count). The first-order valence-electron chi connectivity index (χ1n) is 14.8. The molecule has 2 aromatic heterocycles. The average molecular weight is 549 g/mol. The molecule has 0 saturated carbocycles. The number of hydrogen-bond acceptors (Lipinski definition) is 5. The van der Waals surface area contributed by atoms with Gasteiger partial charge in [0.1, 0.15) is 0 Å². The third kappa shape index (κ3) is 7.40. The van der Waals surface area contributed by atoms with E-state index < -0.39 is 0 Å². The highest BCUT2D eigenvalue weighted by Gasteiger charge is 2.30. The van der Waals surface area contributed by atoms with Crippen molar-refractivity contribution in [3.8, 4) is 11.4 Å². The third-order valence-electron chi connectivity index (χ3n) is 8.41. The maximum atomic E-state index is 12.2. The lowest BCUT2D eigenvalue weighted by Gasteiger charge is -2.40. The minimum Gasteiger partial charge on any atom is -0.329 e. The number of nitrogens with one attached hydrogen (secondary N) is 2. The topological polar surface area (TPSA) is 90.0 Å². The summed E-state index contributed by atoms with van der Waals surface area (Å²) in [5, 5.41) is 4.52. The van der Waals surface area contributed by atoms with Gasteiger partial charge in [0, 0.05) is 41.5 Å². The zero-order chi connectivity index (χ0) is 29.1. The van der Waals surface area contributed by atoms with Gasteiger partial charge in [0.2, 0.25) is 0 Å². The number of aromatic amines is 2. The Labute approximate surface area is 238 Å². The first kappa shape index (κ1) is 30.0. The molecule has 0 spiro atoms. The minimum atomic E-state index is -0.104. The Balaban J connectivity index is 0.000000189. The maximum absolute atomic E-state index is 12.2. The Kier molecular flexibility index (Phi) is 9.20. The number of pyridine rings is 1. The fraction of sp³-hybridized carbons (Fsp3) is 0.594. The van der Waals surface area contributed by atoms with Gasteiger partial charge in [-0.25, -0.2) is 9.48 Å². The van der Waals surface area contributed by atoms with E-state index in [0.29, 0.717) is 11.7 Å². The predicted molar refractivity (Wildman–Crippen MR) is 163 cm³/mol. The van der Waals surface area contributed by atoms with E-state index in [4.69, 9.17) is 0 Å². The van der Waals surface area contributed by atoms with Gasteiger partial charge in [-0.3, -0.25) is 19.6 Å². The Hall–Kier alpha value is -2.97. The number of nitrogens with zero attached hydrogens (tertiary/aromatic N) is 4. The summed E-state index contributed by atoms with van der Waals surface area (Å²) in [5.74, 6) is 1.08. The zero-order valence-corrected chi connectivity index (χ0v) is 25.5. The number of rotatable bonds is 3. The van der Waals surface area contributed by atoms with E-state index in [1.807, 2.05) is 37.3 Å². The molecule has 8 nitrogen and oxygen atoms in total. The van der Waals surface area contributed by atoms with E-state index in [9.17, 15) is 9.59 Å². The van der Waals surface area contributed by atoms with Crippen LogP contribution in [-0.2, 0) is 0 Å². The summed E-state index contributed by atoms with van der Waals surface area (Å²) in [6, 6.07) is 12.0. The summed E-state index contributed by atoms with van der Waals surface area (Å²) in [7, 11) is 0. The van der Waals surface area contributed by atoms with Gasteiger partial charge >= 0.3 is 5.69 Å². The van der Waals surface area contributed by atoms with Crippen molar-refractivity contribution in [3.63, 3.8) is 0 Å². The molecule has 0 radical (unpaired) electrons. The minimum absolute atomic E-state index is 0.0924. The molecular weight excluding hydrogens is 500 g/mol. The van der Waals surface area contributed by atoms with Crippen LogP contribution in [0.1, 0.15) is 90.3 Å². The van der Waals surface area contributed by atoms with Gasteiger partial charge in [-0.15, -0.1) is 5.10 Å². The van der Waals surface area contributed by atoms with E-state index >= 15 is 0 Å². The number of H-pyrrole nitrogens is 2. The van der Waals surface area contributed by atoms with Crippen molar-refractivity contribution in [2.24, 2.45) is 0 Å². The number of hydrogen-bond donors (Lipinski definition) is 2. The van der Waals surface area contributed by atoms with Crippen molar-refractivity contribution in [1.82, 2.24) is 29.5 Å². The van der Waals surface area contributed by atoms with Crippen LogP contribution in [0, 0.1) is 6.92 Å². The van der Waals surface area contributed by atoms with E-state index in [0.717, 1.165) is 68.6 Å². The Morgan fingerprint density at radius 2 is 1.38 bits per heavy atom. The molecule has 2 N–H and O–H groups in total. The van der Waals surface area contributed by atoms with E-state index in [2.05, 4.69) is 72.5 Å². The van der Waals surface area contributed by atoms with Gasteiger partial charge in [0.05, 0.1) is 6.04 Å². The van der Waals surface area contributed by atoms with Crippen LogP contribution in [-0.4, -0.2) is 66.8 Å². The molecule has 0 aliphatic carbocycles. The maximum Gasteiger partial charge on any atom is 0.343 e. The highest BCUT2D eigenvalue weighted by molar-refractivity contribution is 5.53. The molecule has 2 aliphatic rings. The molecular formula is C32H48N6O2. The second-order valence-corrected chi connectivity index (χ2v) is 13.4. The molecule has 3 aromatic rings. The molecule has 2 aliphatic heterocycles. The van der Waals surface area contributed by atoms with Crippen LogP contribution in [0.25, 0.3) is 11.4 Å². The standard InChI is InChI=1S/C17H24N4O.C15H24N2O/c1-17(2,3)20-11-9-14(10-12-20)21-16(22)18-15(19-21)13-7-5-4-6-8-13;1-11-9-13(14(18)16-10-11)12-5-7-17(8-6-12)15(2,3)4/h4-8,14H,9-12H2,1-3H3,(H,18,19,22);9-10,12H,5-8H2,1-4H3,(H,16,18). The van der Waals surface area contributed by atoms with Gasteiger partial charge in [0.25, 0.3) is 5.56 Å². The van der Waals surface area contributed by atoms with Crippen molar-refractivity contribution in [2.45, 2.75) is 97.2 Å². The van der Waals surface area contributed by atoms with Crippen molar-refractivity contribution in [1.29, 1.82) is 0 Å². The van der Waals surface area contributed by atoms with E-state index in [1.54, 1.807) is 10.9 Å². The molecule has 0 atom stereocenters. The summed E-state index contributed by atoms with van der Waals surface area (Å²) in [6.07, 6.45) is 5.90. The molecule has 0 unspecified atom stereocenters. The summed E-state index contributed by atoms with van der Waals surface area (Å²) < 4.78 is 1.64. The second-order valence-electron chi connectivity index (χ2n) is 13.4. The van der Waals surface area contributed by atoms with Gasteiger partial charge < -0.3 is 4.98 Å². The van der Waals surface area contributed by atoms with Crippen LogP contribution in [0.2, 0.25) is 0 Å². The molecule has 8 heteroatoms. The fourth-order valence-corrected chi connectivity index (χ4v) is 5.87. The Morgan fingerprint density at radius 3 is 1.93 bits per heavy atom. The number of aryl methyl sites for hydroxylation is 1. The highest BCUT2D eigenvalue weighted by Crippen LogP contribution is 2.30. The van der Waals surface area contributed by atoms with Crippen LogP contribution < -0.4 is 11.2 Å². The van der Waals surface area contributed by atoms with Crippen LogP contribution in [0.5, 0.6) is 0 Å². The van der Waals surface area contributed by atoms with E-state index in [-0.39, 0.29) is 28.4 Å². The summed E-state index contributed by atoms with van der Waals surface area (Å²) in [4.78, 5) is 34.8. The molecule has 2 fully saturated rings. The Morgan fingerprint density at radius 1 is 0.825 bits per heavy atom. The lowest BCUT2D eigenvalue weighted by atomic mass is 9.88. The molecule has 4 heterocycles. The molecule has 0 bridgehead atoms. The normalized spacial score (nSPS) is 18.4. The first-order valence-corrected chi connectivity index (χ1v) is 14.8. The van der Waals surface area contributed by atoms with Crippen LogP contribution in [0.3, 0.4) is 0 Å². The van der Waals surface area contributed by atoms with Crippen molar-refractivity contribution < 1.29 is 0 Å². The summed E-state index contributed by atoms with van der Waals surface area (Å²) in [5.41, 5.74) is 3.49.